The van der Waals surface area contributed by atoms with E-state index in [4.69, 9.17) is 4.74 Å². The molecule has 0 saturated heterocycles. The number of nitrogens with one attached hydrogen (secondary N) is 1. The van der Waals surface area contributed by atoms with E-state index >= 15 is 0 Å². The molecule has 0 aliphatic carbocycles. The molecule has 1 N–H and O–H groups in total. The van der Waals surface area contributed by atoms with E-state index < -0.39 is 0 Å². The van der Waals surface area contributed by atoms with Gasteiger partial charge < -0.3 is 10.1 Å². The number of rotatable bonds is 8. The lowest BCUT2D eigenvalue weighted by atomic mass is 10.2. The van der Waals surface area contributed by atoms with Crippen molar-refractivity contribution in [3.05, 3.63) is 29.8 Å². The second-order valence-electron chi connectivity index (χ2n) is 4.32. The average molecular weight is 235 g/mol. The monoisotopic (exact) mass is 235 g/mol. The van der Waals surface area contributed by atoms with Crippen molar-refractivity contribution in [3.8, 4) is 5.75 Å². The third kappa shape index (κ3) is 5.22. The Kier molecular flexibility index (Phi) is 6.71. The highest BCUT2D eigenvalue weighted by atomic mass is 16.5. The molecule has 0 radical (unpaired) electrons. The van der Waals surface area contributed by atoms with E-state index in [-0.39, 0.29) is 0 Å². The maximum Gasteiger partial charge on any atom is 0.119 e. The van der Waals surface area contributed by atoms with E-state index in [0.717, 1.165) is 25.3 Å². The highest BCUT2D eigenvalue weighted by Gasteiger charge is 2.01. The van der Waals surface area contributed by atoms with Crippen molar-refractivity contribution >= 4 is 0 Å². The van der Waals surface area contributed by atoms with Gasteiger partial charge in [-0.3, -0.25) is 0 Å². The topological polar surface area (TPSA) is 21.3 Å². The van der Waals surface area contributed by atoms with Crippen LogP contribution in [0.5, 0.6) is 5.75 Å². The van der Waals surface area contributed by atoms with E-state index in [9.17, 15) is 0 Å². The fourth-order valence-electron chi connectivity index (χ4n) is 1.86. The van der Waals surface area contributed by atoms with Crippen molar-refractivity contribution in [2.75, 3.05) is 13.2 Å². The Balaban J connectivity index is 2.26. The Bertz CT molecular complexity index is 308. The van der Waals surface area contributed by atoms with Gasteiger partial charge in [0.1, 0.15) is 12.4 Å². The minimum absolute atomic E-state index is 0.626. The Labute approximate surface area is 105 Å². The van der Waals surface area contributed by atoms with Crippen LogP contribution in [0.3, 0.4) is 0 Å². The molecule has 0 aliphatic rings. The summed E-state index contributed by atoms with van der Waals surface area (Å²) in [6.45, 7) is 8.25. The summed E-state index contributed by atoms with van der Waals surface area (Å²) in [5, 5.41) is 3.49. The van der Waals surface area contributed by atoms with E-state index in [1.165, 1.54) is 18.4 Å². The van der Waals surface area contributed by atoms with E-state index in [1.807, 2.05) is 6.07 Å². The molecule has 17 heavy (non-hydrogen) atoms. The molecule has 96 valence electrons. The van der Waals surface area contributed by atoms with Crippen molar-refractivity contribution in [2.24, 2.45) is 0 Å². The van der Waals surface area contributed by atoms with Crippen LogP contribution in [0.2, 0.25) is 0 Å². The quantitative estimate of drug-likeness (QED) is 0.697. The van der Waals surface area contributed by atoms with Gasteiger partial charge in [-0.15, -0.1) is 0 Å². The molecule has 0 atom stereocenters. The fourth-order valence-corrected chi connectivity index (χ4v) is 1.86. The average Bonchev–Trinajstić information content (AvgIpc) is 2.39. The van der Waals surface area contributed by atoms with Gasteiger partial charge in [0.2, 0.25) is 0 Å². The summed E-state index contributed by atoms with van der Waals surface area (Å²) in [7, 11) is 0. The summed E-state index contributed by atoms with van der Waals surface area (Å²) in [5.74, 6) is 0.982. The normalized spacial score (nSPS) is 10.8. The maximum absolute atomic E-state index is 5.73. The minimum Gasteiger partial charge on any atom is -0.492 e. The summed E-state index contributed by atoms with van der Waals surface area (Å²) in [6, 6.07) is 8.96. The van der Waals surface area contributed by atoms with E-state index in [0.29, 0.717) is 6.04 Å². The van der Waals surface area contributed by atoms with Crippen LogP contribution >= 0.6 is 0 Å². The van der Waals surface area contributed by atoms with Gasteiger partial charge in [0.25, 0.3) is 0 Å². The zero-order chi connectivity index (χ0) is 12.5. The van der Waals surface area contributed by atoms with Crippen molar-refractivity contribution in [1.29, 1.82) is 0 Å². The maximum atomic E-state index is 5.73. The van der Waals surface area contributed by atoms with Gasteiger partial charge in [-0.25, -0.2) is 0 Å². The third-order valence-electron chi connectivity index (χ3n) is 3.10. The van der Waals surface area contributed by atoms with Crippen LogP contribution in [0, 0.1) is 0 Å². The largest absolute Gasteiger partial charge is 0.492 e. The molecule has 0 unspecified atom stereocenters. The molecule has 0 aromatic heterocycles. The number of hydrogen-bond donors (Lipinski definition) is 1. The third-order valence-corrected chi connectivity index (χ3v) is 3.10. The van der Waals surface area contributed by atoms with Crippen LogP contribution in [0.4, 0.5) is 0 Å². The fraction of sp³-hybridized carbons (Fsp3) is 0.600. The van der Waals surface area contributed by atoms with Gasteiger partial charge >= 0.3 is 0 Å². The molecular formula is C15H25NO. The standard InChI is InChI=1S/C15H25NO/c1-4-13-8-7-9-15(12-13)17-11-10-16-14(5-2)6-3/h7-9,12,14,16H,4-6,10-11H2,1-3H3. The van der Waals surface area contributed by atoms with Crippen LogP contribution in [0.25, 0.3) is 0 Å². The van der Waals surface area contributed by atoms with Crippen LogP contribution in [0.1, 0.15) is 39.2 Å². The SMILES string of the molecule is CCc1cccc(OCCNC(CC)CC)c1. The molecule has 0 heterocycles. The van der Waals surface area contributed by atoms with Gasteiger partial charge in [-0.1, -0.05) is 32.9 Å². The molecule has 2 nitrogen and oxygen atoms in total. The molecule has 0 fully saturated rings. The Morgan fingerprint density at radius 1 is 1.18 bits per heavy atom. The molecular weight excluding hydrogens is 210 g/mol. The highest BCUT2D eigenvalue weighted by molar-refractivity contribution is 5.28. The molecule has 2 heteroatoms. The molecule has 0 bridgehead atoms. The van der Waals surface area contributed by atoms with Gasteiger partial charge in [0.15, 0.2) is 0 Å². The predicted molar refractivity (Wildman–Crippen MR) is 73.7 cm³/mol. The van der Waals surface area contributed by atoms with Crippen LogP contribution in [0.15, 0.2) is 24.3 Å². The summed E-state index contributed by atoms with van der Waals surface area (Å²) >= 11 is 0. The van der Waals surface area contributed by atoms with Crippen molar-refractivity contribution < 1.29 is 4.74 Å². The molecule has 1 aromatic rings. The second-order valence-corrected chi connectivity index (χ2v) is 4.32. The first-order valence-electron chi connectivity index (χ1n) is 6.75. The molecule has 0 saturated carbocycles. The van der Waals surface area contributed by atoms with Crippen LogP contribution in [-0.4, -0.2) is 19.2 Å². The van der Waals surface area contributed by atoms with Gasteiger partial charge in [-0.2, -0.15) is 0 Å². The first kappa shape index (κ1) is 14.0. The Morgan fingerprint density at radius 2 is 1.94 bits per heavy atom. The Morgan fingerprint density at radius 3 is 2.59 bits per heavy atom. The van der Waals surface area contributed by atoms with Crippen molar-refractivity contribution in [3.63, 3.8) is 0 Å². The predicted octanol–water partition coefficient (Wildman–Crippen LogP) is 3.41. The number of ether oxygens (including phenoxy) is 1. The minimum atomic E-state index is 0.626. The number of hydrogen-bond acceptors (Lipinski definition) is 2. The molecule has 1 rings (SSSR count). The first-order valence-corrected chi connectivity index (χ1v) is 6.75. The second kappa shape index (κ2) is 8.13. The summed E-state index contributed by atoms with van der Waals surface area (Å²) in [6.07, 6.45) is 3.42. The van der Waals surface area contributed by atoms with Crippen molar-refractivity contribution in [2.45, 2.75) is 46.1 Å². The lowest BCUT2D eigenvalue weighted by molar-refractivity contribution is 0.302. The zero-order valence-electron chi connectivity index (χ0n) is 11.3. The van der Waals surface area contributed by atoms with E-state index in [2.05, 4.69) is 44.3 Å². The first-order chi connectivity index (χ1) is 8.30. The number of benzene rings is 1. The van der Waals surface area contributed by atoms with Crippen LogP contribution < -0.4 is 10.1 Å². The molecule has 0 aliphatic heterocycles. The van der Waals surface area contributed by atoms with Gasteiger partial charge in [0.05, 0.1) is 0 Å². The smallest absolute Gasteiger partial charge is 0.119 e. The molecule has 0 spiro atoms. The Hall–Kier alpha value is -1.02. The summed E-state index contributed by atoms with van der Waals surface area (Å²) in [5.41, 5.74) is 1.33. The van der Waals surface area contributed by atoms with Gasteiger partial charge in [0, 0.05) is 12.6 Å². The molecule has 0 amide bonds. The number of aryl methyl sites for hydroxylation is 1. The van der Waals surface area contributed by atoms with Crippen LogP contribution in [-0.2, 0) is 6.42 Å². The van der Waals surface area contributed by atoms with E-state index in [1.54, 1.807) is 0 Å². The summed E-state index contributed by atoms with van der Waals surface area (Å²) in [4.78, 5) is 0. The summed E-state index contributed by atoms with van der Waals surface area (Å²) < 4.78 is 5.73. The highest BCUT2D eigenvalue weighted by Crippen LogP contribution is 2.13. The van der Waals surface area contributed by atoms with Gasteiger partial charge in [-0.05, 0) is 37.0 Å². The zero-order valence-corrected chi connectivity index (χ0v) is 11.3. The lowest BCUT2D eigenvalue weighted by Crippen LogP contribution is -2.31. The van der Waals surface area contributed by atoms with Crippen molar-refractivity contribution in [1.82, 2.24) is 5.32 Å². The molecule has 1 aromatic carbocycles. The lowest BCUT2D eigenvalue weighted by Gasteiger charge is -2.15.